The Morgan fingerprint density at radius 2 is 2.33 bits per heavy atom. The van der Waals surface area contributed by atoms with E-state index in [9.17, 15) is 8.42 Å². The molecule has 66 valence electrons. The average molecular weight is 188 g/mol. The maximum absolute atomic E-state index is 11.0. The van der Waals surface area contributed by atoms with E-state index in [1.165, 1.54) is 18.4 Å². The van der Waals surface area contributed by atoms with Crippen molar-refractivity contribution in [2.45, 2.75) is 6.23 Å². The lowest BCUT2D eigenvalue weighted by Gasteiger charge is -2.14. The van der Waals surface area contributed by atoms with Gasteiger partial charge in [-0.15, -0.1) is 5.11 Å². The van der Waals surface area contributed by atoms with E-state index in [1.54, 1.807) is 0 Å². The first-order valence-electron chi connectivity index (χ1n) is 3.14. The molecule has 0 aromatic heterocycles. The molecule has 1 aliphatic rings. The van der Waals surface area contributed by atoms with Crippen LogP contribution in [0.4, 0.5) is 0 Å². The topological polar surface area (TPSA) is 79.6 Å². The Bertz CT molecular complexity index is 342. The van der Waals surface area contributed by atoms with Gasteiger partial charge in [0, 0.05) is 6.26 Å². The van der Waals surface area contributed by atoms with Gasteiger partial charge in [0.2, 0.25) is 6.23 Å². The van der Waals surface area contributed by atoms with Crippen LogP contribution in [0.15, 0.2) is 28.4 Å². The highest BCUT2D eigenvalue weighted by molar-refractivity contribution is 7.94. The zero-order chi connectivity index (χ0) is 9.19. The molecule has 5 nitrogen and oxygen atoms in total. The van der Waals surface area contributed by atoms with E-state index in [2.05, 4.69) is 5.11 Å². The zero-order valence-corrected chi connectivity index (χ0v) is 7.21. The van der Waals surface area contributed by atoms with Crippen LogP contribution in [0.5, 0.6) is 0 Å². The minimum atomic E-state index is -3.32. The standard InChI is InChI=1S/C6H8N2O3S/c1-12(9,10)5-3-2-4-11-6(5)8-7/h2-4,6-7H,1H3. The van der Waals surface area contributed by atoms with Gasteiger partial charge in [-0.1, -0.05) is 0 Å². The van der Waals surface area contributed by atoms with Crippen LogP contribution in [0, 0.1) is 5.53 Å². The van der Waals surface area contributed by atoms with Gasteiger partial charge in [-0.2, -0.15) is 0 Å². The van der Waals surface area contributed by atoms with E-state index in [0.717, 1.165) is 6.26 Å². The van der Waals surface area contributed by atoms with Crippen molar-refractivity contribution in [2.75, 3.05) is 6.26 Å². The molecule has 1 N–H and O–H groups in total. The minimum Gasteiger partial charge on any atom is -0.470 e. The highest BCUT2D eigenvalue weighted by Crippen LogP contribution is 2.18. The second-order valence-electron chi connectivity index (χ2n) is 2.29. The predicted molar refractivity (Wildman–Crippen MR) is 42.1 cm³/mol. The molecule has 6 heteroatoms. The van der Waals surface area contributed by atoms with Gasteiger partial charge in [0.15, 0.2) is 9.84 Å². The van der Waals surface area contributed by atoms with Crippen LogP contribution in [-0.2, 0) is 14.6 Å². The number of nitrogens with zero attached hydrogens (tertiary/aromatic N) is 1. The van der Waals surface area contributed by atoms with Crippen LogP contribution in [0.2, 0.25) is 0 Å². The summed E-state index contributed by atoms with van der Waals surface area (Å²) in [7, 11) is -3.32. The Balaban J connectivity index is 3.08. The zero-order valence-electron chi connectivity index (χ0n) is 6.39. The maximum atomic E-state index is 11.0. The normalized spacial score (nSPS) is 22.8. The van der Waals surface area contributed by atoms with Crippen molar-refractivity contribution in [1.29, 1.82) is 5.53 Å². The van der Waals surface area contributed by atoms with Gasteiger partial charge in [0.05, 0.1) is 6.26 Å². The van der Waals surface area contributed by atoms with Gasteiger partial charge in [0.1, 0.15) is 4.91 Å². The molecule has 12 heavy (non-hydrogen) atoms. The van der Waals surface area contributed by atoms with Crippen LogP contribution in [-0.4, -0.2) is 20.9 Å². The Morgan fingerprint density at radius 1 is 1.67 bits per heavy atom. The van der Waals surface area contributed by atoms with Crippen molar-refractivity contribution < 1.29 is 13.2 Å². The molecule has 0 amide bonds. The number of ether oxygens (including phenoxy) is 1. The van der Waals surface area contributed by atoms with Gasteiger partial charge in [-0.05, 0) is 12.2 Å². The summed E-state index contributed by atoms with van der Waals surface area (Å²) in [5.41, 5.74) is 6.67. The summed E-state index contributed by atoms with van der Waals surface area (Å²) in [5.74, 6) is 0. The Labute approximate surface area is 70.2 Å². The van der Waals surface area contributed by atoms with Crippen molar-refractivity contribution in [3.63, 3.8) is 0 Å². The molecule has 0 bridgehead atoms. The van der Waals surface area contributed by atoms with Crippen molar-refractivity contribution in [1.82, 2.24) is 0 Å². The fourth-order valence-corrected chi connectivity index (χ4v) is 1.60. The summed E-state index contributed by atoms with van der Waals surface area (Å²) in [6.07, 6.45) is 4.18. The second kappa shape index (κ2) is 3.06. The summed E-state index contributed by atoms with van der Waals surface area (Å²) in [5, 5.41) is 3.02. The van der Waals surface area contributed by atoms with E-state index in [-0.39, 0.29) is 4.91 Å². The Hall–Kier alpha value is -1.17. The highest BCUT2D eigenvalue weighted by Gasteiger charge is 2.24. The quantitative estimate of drug-likeness (QED) is 0.651. The van der Waals surface area contributed by atoms with Gasteiger partial charge in [0.25, 0.3) is 0 Å². The fraction of sp³-hybridized carbons (Fsp3) is 0.333. The number of allylic oxidation sites excluding steroid dienone is 2. The molecule has 1 unspecified atom stereocenters. The third-order valence-electron chi connectivity index (χ3n) is 1.34. The monoisotopic (exact) mass is 188 g/mol. The third-order valence-corrected chi connectivity index (χ3v) is 2.53. The molecular weight excluding hydrogens is 180 g/mol. The average Bonchev–Trinajstić information content (AvgIpc) is 2.03. The van der Waals surface area contributed by atoms with Gasteiger partial charge in [-0.3, -0.25) is 0 Å². The second-order valence-corrected chi connectivity index (χ2v) is 4.30. The molecule has 1 rings (SSSR count). The Kier molecular flexibility index (Phi) is 2.27. The third kappa shape index (κ3) is 1.70. The van der Waals surface area contributed by atoms with E-state index >= 15 is 0 Å². The van der Waals surface area contributed by atoms with Gasteiger partial charge in [-0.25, -0.2) is 13.9 Å². The molecule has 0 radical (unpaired) electrons. The lowest BCUT2D eigenvalue weighted by atomic mass is 10.4. The van der Waals surface area contributed by atoms with Crippen LogP contribution in [0.1, 0.15) is 0 Å². The maximum Gasteiger partial charge on any atom is 0.243 e. The number of hydrogen-bond donors (Lipinski definition) is 1. The van der Waals surface area contributed by atoms with Crippen LogP contribution in [0.25, 0.3) is 0 Å². The molecule has 0 saturated carbocycles. The first kappa shape index (κ1) is 8.92. The lowest BCUT2D eigenvalue weighted by molar-refractivity contribution is 0.177. The first-order valence-corrected chi connectivity index (χ1v) is 5.03. The molecule has 0 aromatic rings. The van der Waals surface area contributed by atoms with E-state index in [4.69, 9.17) is 10.3 Å². The summed E-state index contributed by atoms with van der Waals surface area (Å²) in [4.78, 5) is 0.0139. The molecule has 0 aliphatic carbocycles. The molecule has 0 fully saturated rings. The van der Waals surface area contributed by atoms with E-state index < -0.39 is 16.1 Å². The summed E-state index contributed by atoms with van der Waals surface area (Å²) >= 11 is 0. The van der Waals surface area contributed by atoms with Crippen LogP contribution < -0.4 is 0 Å². The minimum absolute atomic E-state index is 0.0139. The molecule has 0 spiro atoms. The summed E-state index contributed by atoms with van der Waals surface area (Å²) in [6, 6.07) is 0. The number of rotatable bonds is 2. The van der Waals surface area contributed by atoms with Crippen molar-refractivity contribution in [3.05, 3.63) is 23.3 Å². The summed E-state index contributed by atoms with van der Waals surface area (Å²) in [6.45, 7) is 0. The smallest absolute Gasteiger partial charge is 0.243 e. The molecule has 1 atom stereocenters. The van der Waals surface area contributed by atoms with Crippen molar-refractivity contribution in [2.24, 2.45) is 5.11 Å². The molecule has 1 heterocycles. The number of hydrogen-bond acceptors (Lipinski definition) is 5. The first-order chi connectivity index (χ1) is 5.55. The van der Waals surface area contributed by atoms with E-state index in [1.807, 2.05) is 0 Å². The molecule has 1 aliphatic heterocycles. The Morgan fingerprint density at radius 3 is 2.75 bits per heavy atom. The molecular formula is C6H8N2O3S. The van der Waals surface area contributed by atoms with Gasteiger partial charge >= 0.3 is 0 Å². The highest BCUT2D eigenvalue weighted by atomic mass is 32.2. The predicted octanol–water partition coefficient (Wildman–Crippen LogP) is 0.816. The van der Waals surface area contributed by atoms with E-state index in [0.29, 0.717) is 0 Å². The number of nitrogens with one attached hydrogen (secondary N) is 1. The largest absolute Gasteiger partial charge is 0.470 e. The van der Waals surface area contributed by atoms with Crippen molar-refractivity contribution >= 4 is 9.84 Å². The van der Waals surface area contributed by atoms with Crippen LogP contribution >= 0.6 is 0 Å². The lowest BCUT2D eigenvalue weighted by Crippen LogP contribution is -2.18. The molecule has 0 aromatic carbocycles. The van der Waals surface area contributed by atoms with Gasteiger partial charge < -0.3 is 4.74 Å². The van der Waals surface area contributed by atoms with Crippen molar-refractivity contribution in [3.8, 4) is 0 Å². The summed E-state index contributed by atoms with van der Waals surface area (Å²) < 4.78 is 26.8. The SMILES string of the molecule is CS(=O)(=O)C1=CC=COC1N=N. The fourth-order valence-electron chi connectivity index (χ4n) is 0.804. The molecule has 0 saturated heterocycles. The number of sulfone groups is 1. The van der Waals surface area contributed by atoms with Crippen LogP contribution in [0.3, 0.4) is 0 Å².